The van der Waals surface area contributed by atoms with Gasteiger partial charge in [-0.05, 0) is 42.9 Å². The highest BCUT2D eigenvalue weighted by Crippen LogP contribution is 2.31. The topological polar surface area (TPSA) is 40.7 Å². The Balaban J connectivity index is 2.20. The van der Waals surface area contributed by atoms with Crippen LogP contribution in [0.1, 0.15) is 18.4 Å². The summed E-state index contributed by atoms with van der Waals surface area (Å²) in [6.07, 6.45) is 3.45. The van der Waals surface area contributed by atoms with Gasteiger partial charge in [0.15, 0.2) is 4.77 Å². The predicted octanol–water partition coefficient (Wildman–Crippen LogP) is 3.62. The first-order valence-corrected chi connectivity index (χ1v) is 7.04. The molecular formula is C12H13N3S2. The van der Waals surface area contributed by atoms with Gasteiger partial charge in [-0.3, -0.25) is 0 Å². The van der Waals surface area contributed by atoms with E-state index in [0.717, 1.165) is 24.5 Å². The van der Waals surface area contributed by atoms with Gasteiger partial charge < -0.3 is 10.3 Å². The van der Waals surface area contributed by atoms with Gasteiger partial charge in [0.2, 0.25) is 0 Å². The molecule has 2 aromatic rings. The van der Waals surface area contributed by atoms with Crippen molar-refractivity contribution in [2.45, 2.75) is 19.3 Å². The predicted molar refractivity (Wildman–Crippen MR) is 74.2 cm³/mol. The Labute approximate surface area is 109 Å². The molecule has 0 aliphatic carbocycles. The van der Waals surface area contributed by atoms with Crippen LogP contribution in [0.3, 0.4) is 0 Å². The zero-order valence-corrected chi connectivity index (χ0v) is 11.0. The van der Waals surface area contributed by atoms with Crippen molar-refractivity contribution in [1.29, 1.82) is 0 Å². The van der Waals surface area contributed by atoms with E-state index >= 15 is 0 Å². The smallest absolute Gasteiger partial charge is 0.199 e. The standard InChI is InChI=1S/C12H13N3S2/c16-12-14-10(9-5-3-7-17-9)8-4-1-2-6-13-11(8)15-12/h3,5,7H,1-2,4,6H2,(H2,13,14,15,16). The fraction of sp³-hybridized carbons (Fsp3) is 0.333. The van der Waals surface area contributed by atoms with E-state index in [4.69, 9.17) is 12.2 Å². The normalized spacial score (nSPS) is 14.8. The Morgan fingerprint density at radius 1 is 1.35 bits per heavy atom. The van der Waals surface area contributed by atoms with Crippen LogP contribution >= 0.6 is 23.6 Å². The van der Waals surface area contributed by atoms with Crippen molar-refractivity contribution < 1.29 is 0 Å². The van der Waals surface area contributed by atoms with Crippen molar-refractivity contribution in [2.75, 3.05) is 11.9 Å². The Kier molecular flexibility index (Phi) is 2.94. The number of hydrogen-bond acceptors (Lipinski definition) is 4. The molecular weight excluding hydrogens is 250 g/mol. The zero-order valence-electron chi connectivity index (χ0n) is 9.32. The Morgan fingerprint density at radius 2 is 2.29 bits per heavy atom. The molecule has 0 bridgehead atoms. The van der Waals surface area contributed by atoms with E-state index in [9.17, 15) is 0 Å². The highest BCUT2D eigenvalue weighted by molar-refractivity contribution is 7.71. The minimum atomic E-state index is 0.557. The molecule has 0 radical (unpaired) electrons. The van der Waals surface area contributed by atoms with Crippen LogP contribution in [0.15, 0.2) is 17.5 Å². The SMILES string of the molecule is S=c1nc2c(c(-c3cccs3)[nH]1)CCCCN2. The molecule has 0 saturated heterocycles. The molecule has 3 rings (SSSR count). The van der Waals surface area contributed by atoms with Crippen LogP contribution < -0.4 is 5.32 Å². The van der Waals surface area contributed by atoms with E-state index < -0.39 is 0 Å². The van der Waals surface area contributed by atoms with Gasteiger partial charge in [-0.15, -0.1) is 11.3 Å². The molecule has 0 amide bonds. The molecule has 3 heterocycles. The molecule has 1 aliphatic rings. The van der Waals surface area contributed by atoms with Crippen molar-refractivity contribution in [3.8, 4) is 10.6 Å². The van der Waals surface area contributed by atoms with Crippen LogP contribution in [0.25, 0.3) is 10.6 Å². The summed E-state index contributed by atoms with van der Waals surface area (Å²) in [6, 6.07) is 4.18. The fourth-order valence-electron chi connectivity index (χ4n) is 2.15. The fourth-order valence-corrected chi connectivity index (χ4v) is 3.10. The Hall–Kier alpha value is -1.20. The van der Waals surface area contributed by atoms with Crippen molar-refractivity contribution in [1.82, 2.24) is 9.97 Å². The molecule has 0 saturated carbocycles. The molecule has 88 valence electrons. The summed E-state index contributed by atoms with van der Waals surface area (Å²) in [7, 11) is 0. The molecule has 2 aromatic heterocycles. The van der Waals surface area contributed by atoms with Gasteiger partial charge in [0.25, 0.3) is 0 Å². The van der Waals surface area contributed by atoms with Gasteiger partial charge >= 0.3 is 0 Å². The van der Waals surface area contributed by atoms with E-state index in [1.807, 2.05) is 0 Å². The Morgan fingerprint density at radius 3 is 3.12 bits per heavy atom. The number of aromatic nitrogens is 2. The van der Waals surface area contributed by atoms with Crippen LogP contribution in [-0.2, 0) is 6.42 Å². The van der Waals surface area contributed by atoms with E-state index in [-0.39, 0.29) is 0 Å². The number of nitrogens with one attached hydrogen (secondary N) is 2. The highest BCUT2D eigenvalue weighted by atomic mass is 32.1. The summed E-state index contributed by atoms with van der Waals surface area (Å²) in [5, 5.41) is 5.46. The lowest BCUT2D eigenvalue weighted by Gasteiger charge is -2.10. The minimum Gasteiger partial charge on any atom is -0.370 e. The van der Waals surface area contributed by atoms with Gasteiger partial charge in [0.05, 0.1) is 10.6 Å². The third-order valence-corrected chi connectivity index (χ3v) is 4.03. The van der Waals surface area contributed by atoms with Crippen LogP contribution in [0.4, 0.5) is 5.82 Å². The number of anilines is 1. The van der Waals surface area contributed by atoms with Gasteiger partial charge in [-0.25, -0.2) is 4.98 Å². The maximum atomic E-state index is 5.20. The largest absolute Gasteiger partial charge is 0.370 e. The lowest BCUT2D eigenvalue weighted by molar-refractivity contribution is 0.785. The average Bonchev–Trinajstić information content (AvgIpc) is 2.74. The summed E-state index contributed by atoms with van der Waals surface area (Å²) in [6.45, 7) is 0.989. The molecule has 0 aromatic carbocycles. The van der Waals surface area contributed by atoms with E-state index in [1.165, 1.54) is 23.3 Å². The second kappa shape index (κ2) is 4.58. The molecule has 3 nitrogen and oxygen atoms in total. The number of fused-ring (bicyclic) bond motifs is 1. The molecule has 0 spiro atoms. The van der Waals surface area contributed by atoms with Crippen LogP contribution in [0.5, 0.6) is 0 Å². The van der Waals surface area contributed by atoms with Gasteiger partial charge in [-0.2, -0.15) is 0 Å². The molecule has 0 unspecified atom stereocenters. The summed E-state index contributed by atoms with van der Waals surface area (Å²) < 4.78 is 0.557. The van der Waals surface area contributed by atoms with E-state index in [1.54, 1.807) is 11.3 Å². The minimum absolute atomic E-state index is 0.557. The van der Waals surface area contributed by atoms with Crippen molar-refractivity contribution >= 4 is 29.4 Å². The first-order valence-electron chi connectivity index (χ1n) is 5.75. The third kappa shape index (κ3) is 2.12. The molecule has 2 N–H and O–H groups in total. The van der Waals surface area contributed by atoms with Gasteiger partial charge in [0, 0.05) is 12.1 Å². The molecule has 17 heavy (non-hydrogen) atoms. The summed E-state index contributed by atoms with van der Waals surface area (Å²) in [5.41, 5.74) is 2.42. The summed E-state index contributed by atoms with van der Waals surface area (Å²) >= 11 is 6.93. The lowest BCUT2D eigenvalue weighted by Crippen LogP contribution is -2.04. The number of H-pyrrole nitrogens is 1. The highest BCUT2D eigenvalue weighted by Gasteiger charge is 2.15. The van der Waals surface area contributed by atoms with Crippen LogP contribution in [0, 0.1) is 4.77 Å². The van der Waals surface area contributed by atoms with Crippen molar-refractivity contribution in [3.63, 3.8) is 0 Å². The molecule has 0 fully saturated rings. The number of aromatic amines is 1. The second-order valence-corrected chi connectivity index (χ2v) is 5.44. The van der Waals surface area contributed by atoms with Crippen molar-refractivity contribution in [2.24, 2.45) is 0 Å². The molecule has 0 atom stereocenters. The van der Waals surface area contributed by atoms with E-state index in [0.29, 0.717) is 4.77 Å². The maximum absolute atomic E-state index is 5.20. The Bertz CT molecular complexity index is 572. The second-order valence-electron chi connectivity index (χ2n) is 4.11. The first-order chi connectivity index (χ1) is 8.34. The van der Waals surface area contributed by atoms with E-state index in [2.05, 4.69) is 32.8 Å². The lowest BCUT2D eigenvalue weighted by atomic mass is 10.1. The zero-order chi connectivity index (χ0) is 11.7. The molecule has 1 aliphatic heterocycles. The quantitative estimate of drug-likeness (QED) is 0.772. The monoisotopic (exact) mass is 263 g/mol. The van der Waals surface area contributed by atoms with Gasteiger partial charge in [-0.1, -0.05) is 6.07 Å². The number of thiophene rings is 1. The maximum Gasteiger partial charge on any atom is 0.199 e. The van der Waals surface area contributed by atoms with Crippen molar-refractivity contribution in [3.05, 3.63) is 27.8 Å². The number of nitrogens with zero attached hydrogens (tertiary/aromatic N) is 1. The first kappa shape index (κ1) is 10.9. The number of rotatable bonds is 1. The number of hydrogen-bond donors (Lipinski definition) is 2. The van der Waals surface area contributed by atoms with Crippen LogP contribution in [0.2, 0.25) is 0 Å². The average molecular weight is 263 g/mol. The van der Waals surface area contributed by atoms with Gasteiger partial charge in [0.1, 0.15) is 5.82 Å². The summed E-state index contributed by atoms with van der Waals surface area (Å²) in [4.78, 5) is 8.87. The molecule has 5 heteroatoms. The summed E-state index contributed by atoms with van der Waals surface area (Å²) in [5.74, 6) is 0.967. The third-order valence-electron chi connectivity index (χ3n) is 2.95. The van der Waals surface area contributed by atoms with Crippen LogP contribution in [-0.4, -0.2) is 16.5 Å².